The molecule has 2 atom stereocenters. The molecule has 156 valence electrons. The average Bonchev–Trinajstić information content (AvgIpc) is 2.97. The number of methoxy groups -OCH3 is 2. The maximum absolute atomic E-state index is 12.7. The van der Waals surface area contributed by atoms with Crippen molar-refractivity contribution >= 4 is 34.9 Å². The molecule has 1 aliphatic carbocycles. The van der Waals surface area contributed by atoms with Crippen LogP contribution in [0.25, 0.3) is 6.08 Å². The van der Waals surface area contributed by atoms with Crippen molar-refractivity contribution < 1.29 is 23.9 Å². The number of amides is 3. The zero-order valence-corrected chi connectivity index (χ0v) is 17.7. The van der Waals surface area contributed by atoms with E-state index in [1.165, 1.54) is 13.5 Å². The second-order valence-corrected chi connectivity index (χ2v) is 8.31. The molecule has 1 saturated carbocycles. The second kappa shape index (κ2) is 9.35. The highest BCUT2D eigenvalue weighted by Gasteiger charge is 2.37. The van der Waals surface area contributed by atoms with Crippen LogP contribution in [-0.2, 0) is 9.59 Å². The highest BCUT2D eigenvalue weighted by atomic mass is 32.2. The number of thioether (sulfide) groups is 1. The molecule has 1 saturated heterocycles. The Hall–Kier alpha value is -2.48. The minimum atomic E-state index is -0.457. The third-order valence-electron chi connectivity index (χ3n) is 5.34. The molecule has 8 heteroatoms. The van der Waals surface area contributed by atoms with Crippen LogP contribution in [0.3, 0.4) is 0 Å². The SMILES string of the molecule is COc1ccc(/C=C2\SC(=O)N(CC(=O)NC3CCCCC3C)C2=O)cc1OC. The Balaban J connectivity index is 1.67. The van der Waals surface area contributed by atoms with E-state index in [4.69, 9.17) is 9.47 Å². The van der Waals surface area contributed by atoms with E-state index < -0.39 is 11.1 Å². The largest absolute Gasteiger partial charge is 0.493 e. The normalized spacial score (nSPS) is 23.4. The first-order chi connectivity index (χ1) is 13.9. The van der Waals surface area contributed by atoms with Crippen molar-refractivity contribution in [3.63, 3.8) is 0 Å². The first-order valence-electron chi connectivity index (χ1n) is 9.69. The number of nitrogens with zero attached hydrogens (tertiary/aromatic N) is 1. The lowest BCUT2D eigenvalue weighted by atomic mass is 9.86. The number of carbonyl (C=O) groups is 3. The number of hydrogen-bond donors (Lipinski definition) is 1. The fraction of sp³-hybridized carbons (Fsp3) is 0.476. The summed E-state index contributed by atoms with van der Waals surface area (Å²) in [6.45, 7) is 1.87. The molecule has 0 spiro atoms. The molecule has 2 aliphatic rings. The molecule has 7 nitrogen and oxygen atoms in total. The molecule has 3 rings (SSSR count). The number of nitrogens with one attached hydrogen (secondary N) is 1. The third-order valence-corrected chi connectivity index (χ3v) is 6.25. The molecule has 0 aromatic heterocycles. The summed E-state index contributed by atoms with van der Waals surface area (Å²) in [4.78, 5) is 38.7. The van der Waals surface area contributed by atoms with Gasteiger partial charge in [-0.1, -0.05) is 25.8 Å². The van der Waals surface area contributed by atoms with Crippen LogP contribution in [0.15, 0.2) is 23.1 Å². The Labute approximate surface area is 174 Å². The summed E-state index contributed by atoms with van der Waals surface area (Å²) in [6, 6.07) is 5.34. The predicted molar refractivity (Wildman–Crippen MR) is 112 cm³/mol. The number of rotatable bonds is 6. The smallest absolute Gasteiger partial charge is 0.294 e. The Morgan fingerprint density at radius 1 is 1.21 bits per heavy atom. The van der Waals surface area contributed by atoms with E-state index >= 15 is 0 Å². The first-order valence-corrected chi connectivity index (χ1v) is 10.5. The molecule has 0 bridgehead atoms. The van der Waals surface area contributed by atoms with Crippen molar-refractivity contribution in [1.82, 2.24) is 10.2 Å². The Kier molecular flexibility index (Phi) is 6.84. The minimum Gasteiger partial charge on any atom is -0.493 e. The maximum Gasteiger partial charge on any atom is 0.294 e. The number of ether oxygens (including phenoxy) is 2. The van der Waals surface area contributed by atoms with Crippen molar-refractivity contribution in [3.05, 3.63) is 28.7 Å². The van der Waals surface area contributed by atoms with E-state index in [0.29, 0.717) is 23.0 Å². The van der Waals surface area contributed by atoms with Crippen molar-refractivity contribution in [2.24, 2.45) is 5.92 Å². The predicted octanol–water partition coefficient (Wildman–Crippen LogP) is 3.44. The Morgan fingerprint density at radius 3 is 2.62 bits per heavy atom. The van der Waals surface area contributed by atoms with Gasteiger partial charge in [-0.2, -0.15) is 0 Å². The fourth-order valence-corrected chi connectivity index (χ4v) is 4.50. The number of hydrogen-bond acceptors (Lipinski definition) is 6. The van der Waals surface area contributed by atoms with E-state index in [1.807, 2.05) is 0 Å². The Bertz CT molecular complexity index is 838. The molecule has 3 amide bonds. The van der Waals surface area contributed by atoms with Gasteiger partial charge in [0, 0.05) is 6.04 Å². The van der Waals surface area contributed by atoms with E-state index in [2.05, 4.69) is 12.2 Å². The lowest BCUT2D eigenvalue weighted by Crippen LogP contribution is -2.46. The summed E-state index contributed by atoms with van der Waals surface area (Å²) >= 11 is 0.835. The van der Waals surface area contributed by atoms with Gasteiger partial charge in [0.1, 0.15) is 6.54 Å². The highest BCUT2D eigenvalue weighted by molar-refractivity contribution is 8.18. The van der Waals surface area contributed by atoms with Gasteiger partial charge in [0.15, 0.2) is 11.5 Å². The zero-order chi connectivity index (χ0) is 21.0. The lowest BCUT2D eigenvalue weighted by Gasteiger charge is -2.29. The molecule has 1 N–H and O–H groups in total. The van der Waals surface area contributed by atoms with Gasteiger partial charge in [0.2, 0.25) is 5.91 Å². The molecule has 0 radical (unpaired) electrons. The molecule has 1 aliphatic heterocycles. The molecule has 2 unspecified atom stereocenters. The maximum atomic E-state index is 12.7. The number of imide groups is 1. The van der Waals surface area contributed by atoms with Crippen molar-refractivity contribution in [3.8, 4) is 11.5 Å². The highest BCUT2D eigenvalue weighted by Crippen LogP contribution is 2.34. The van der Waals surface area contributed by atoms with Crippen LogP contribution in [-0.4, -0.2) is 48.8 Å². The third kappa shape index (κ3) is 4.93. The van der Waals surface area contributed by atoms with Crippen LogP contribution >= 0.6 is 11.8 Å². The van der Waals surface area contributed by atoms with Crippen LogP contribution in [0.1, 0.15) is 38.2 Å². The molecule has 1 aromatic rings. The van der Waals surface area contributed by atoms with Crippen molar-refractivity contribution in [1.29, 1.82) is 0 Å². The number of carbonyl (C=O) groups excluding carboxylic acids is 3. The van der Waals surface area contributed by atoms with E-state index in [0.717, 1.165) is 35.9 Å². The van der Waals surface area contributed by atoms with Gasteiger partial charge in [-0.05, 0) is 54.3 Å². The first kappa shape index (κ1) is 21.2. The summed E-state index contributed by atoms with van der Waals surface area (Å²) in [5, 5.41) is 2.55. The molecule has 2 fully saturated rings. The summed E-state index contributed by atoms with van der Waals surface area (Å²) in [7, 11) is 3.07. The van der Waals surface area contributed by atoms with Gasteiger partial charge < -0.3 is 14.8 Å². The van der Waals surface area contributed by atoms with Crippen LogP contribution in [0, 0.1) is 5.92 Å². The van der Waals surface area contributed by atoms with E-state index in [9.17, 15) is 14.4 Å². The quantitative estimate of drug-likeness (QED) is 0.713. The molecule has 1 aromatic carbocycles. The van der Waals surface area contributed by atoms with Gasteiger partial charge in [-0.15, -0.1) is 0 Å². The van der Waals surface area contributed by atoms with E-state index in [1.54, 1.807) is 31.4 Å². The molecular weight excluding hydrogens is 392 g/mol. The molecule has 29 heavy (non-hydrogen) atoms. The summed E-state index contributed by atoms with van der Waals surface area (Å²) < 4.78 is 10.5. The summed E-state index contributed by atoms with van der Waals surface area (Å²) in [5.41, 5.74) is 0.702. The topological polar surface area (TPSA) is 84.9 Å². The van der Waals surface area contributed by atoms with Crippen LogP contribution in [0.4, 0.5) is 4.79 Å². The van der Waals surface area contributed by atoms with Crippen LogP contribution in [0.2, 0.25) is 0 Å². The number of benzene rings is 1. The lowest BCUT2D eigenvalue weighted by molar-refractivity contribution is -0.130. The van der Waals surface area contributed by atoms with Crippen LogP contribution in [0.5, 0.6) is 11.5 Å². The summed E-state index contributed by atoms with van der Waals surface area (Å²) in [5.74, 6) is 0.764. The molecule has 1 heterocycles. The molecular formula is C21H26N2O5S. The second-order valence-electron chi connectivity index (χ2n) is 7.32. The monoisotopic (exact) mass is 418 g/mol. The summed E-state index contributed by atoms with van der Waals surface area (Å²) in [6.07, 6.45) is 5.91. The minimum absolute atomic E-state index is 0.110. The standard InChI is InChI=1S/C21H26N2O5S/c1-13-6-4-5-7-15(13)22-19(24)12-23-20(25)18(29-21(23)26)11-14-8-9-16(27-2)17(10-14)28-3/h8-11,13,15H,4-7,12H2,1-3H3,(H,22,24)/b18-11-. The average molecular weight is 419 g/mol. The zero-order valence-electron chi connectivity index (χ0n) is 16.9. The van der Waals surface area contributed by atoms with Crippen molar-refractivity contribution in [2.75, 3.05) is 20.8 Å². The van der Waals surface area contributed by atoms with E-state index in [-0.39, 0.29) is 23.4 Å². The Morgan fingerprint density at radius 2 is 1.93 bits per heavy atom. The van der Waals surface area contributed by atoms with Gasteiger partial charge in [-0.3, -0.25) is 19.3 Å². The van der Waals surface area contributed by atoms with Crippen molar-refractivity contribution in [2.45, 2.75) is 38.6 Å². The van der Waals surface area contributed by atoms with Gasteiger partial charge in [0.05, 0.1) is 19.1 Å². The van der Waals surface area contributed by atoms with Crippen LogP contribution < -0.4 is 14.8 Å². The van der Waals surface area contributed by atoms with Gasteiger partial charge in [-0.25, -0.2) is 0 Å². The van der Waals surface area contributed by atoms with Gasteiger partial charge >= 0.3 is 0 Å². The fourth-order valence-electron chi connectivity index (χ4n) is 3.66. The van der Waals surface area contributed by atoms with Gasteiger partial charge in [0.25, 0.3) is 11.1 Å².